The molecule has 0 saturated heterocycles. The summed E-state index contributed by atoms with van der Waals surface area (Å²) in [6.45, 7) is 7.08. The minimum Gasteiger partial charge on any atom is -0.491 e. The van der Waals surface area contributed by atoms with Gasteiger partial charge in [0.1, 0.15) is 23.6 Å². The van der Waals surface area contributed by atoms with E-state index >= 15 is 0 Å². The van der Waals surface area contributed by atoms with Crippen molar-refractivity contribution in [1.29, 1.82) is 0 Å². The Kier molecular flexibility index (Phi) is 6.79. The summed E-state index contributed by atoms with van der Waals surface area (Å²) in [5.74, 6) is 1.25. The molecule has 29 heavy (non-hydrogen) atoms. The van der Waals surface area contributed by atoms with E-state index in [0.29, 0.717) is 24.6 Å². The van der Waals surface area contributed by atoms with E-state index in [-0.39, 0.29) is 12.0 Å². The van der Waals surface area contributed by atoms with Crippen LogP contribution in [-0.4, -0.2) is 33.4 Å². The van der Waals surface area contributed by atoms with Crippen LogP contribution >= 0.6 is 0 Å². The summed E-state index contributed by atoms with van der Waals surface area (Å²) in [5.41, 5.74) is 2.30. The first-order valence-corrected chi connectivity index (χ1v) is 9.74. The van der Waals surface area contributed by atoms with Crippen LogP contribution in [0.4, 0.5) is 11.5 Å². The lowest BCUT2D eigenvalue weighted by Gasteiger charge is -2.20. The molecule has 0 unspecified atom stereocenters. The van der Waals surface area contributed by atoms with E-state index < -0.39 is 0 Å². The second-order valence-electron chi connectivity index (χ2n) is 6.91. The fourth-order valence-corrected chi connectivity index (χ4v) is 2.87. The maximum absolute atomic E-state index is 12.9. The van der Waals surface area contributed by atoms with Gasteiger partial charge in [-0.1, -0.05) is 30.3 Å². The highest BCUT2D eigenvalue weighted by Gasteiger charge is 2.17. The Hall–Kier alpha value is -3.41. The molecule has 3 aromatic rings. The van der Waals surface area contributed by atoms with E-state index in [1.807, 2.05) is 75.4 Å². The van der Waals surface area contributed by atoms with Crippen molar-refractivity contribution in [1.82, 2.24) is 14.9 Å². The molecule has 0 saturated carbocycles. The van der Waals surface area contributed by atoms with Crippen molar-refractivity contribution in [2.75, 3.05) is 11.9 Å². The normalized spacial score (nSPS) is 10.6. The third-order valence-corrected chi connectivity index (χ3v) is 4.27. The molecule has 0 radical (unpaired) electrons. The zero-order valence-corrected chi connectivity index (χ0v) is 17.0. The quantitative estimate of drug-likeness (QED) is 0.605. The molecule has 0 atom stereocenters. The van der Waals surface area contributed by atoms with Gasteiger partial charge in [-0.25, -0.2) is 9.97 Å². The van der Waals surface area contributed by atoms with Gasteiger partial charge in [0.15, 0.2) is 0 Å². The molecular formula is C23H26N4O2. The number of carbonyl (C=O) groups is 1. The Labute approximate surface area is 171 Å². The van der Waals surface area contributed by atoms with Gasteiger partial charge in [-0.05, 0) is 50.6 Å². The standard InChI is InChI=1S/C23H26N4O2/c1-4-27(15-18-8-6-5-7-9-18)23(28)21-14-22(25-16-24-21)26-19-10-12-20(13-11-19)29-17(2)3/h5-14,16-17H,4,15H2,1-3H3,(H,24,25,26). The number of carbonyl (C=O) groups excluding carboxylic acids is 1. The zero-order chi connectivity index (χ0) is 20.6. The molecule has 1 N–H and O–H groups in total. The molecule has 6 nitrogen and oxygen atoms in total. The number of ether oxygens (including phenoxy) is 1. The van der Waals surface area contributed by atoms with Crippen LogP contribution in [0.1, 0.15) is 36.8 Å². The average molecular weight is 390 g/mol. The molecular weight excluding hydrogens is 364 g/mol. The first kappa shape index (κ1) is 20.3. The molecule has 0 aliphatic heterocycles. The number of nitrogens with zero attached hydrogens (tertiary/aromatic N) is 3. The monoisotopic (exact) mass is 390 g/mol. The molecule has 1 amide bonds. The predicted molar refractivity (Wildman–Crippen MR) is 114 cm³/mol. The molecule has 1 aromatic heterocycles. The van der Waals surface area contributed by atoms with Gasteiger partial charge < -0.3 is 15.0 Å². The molecule has 1 heterocycles. The van der Waals surface area contributed by atoms with E-state index in [1.54, 1.807) is 11.0 Å². The lowest BCUT2D eigenvalue weighted by molar-refractivity contribution is 0.0746. The summed E-state index contributed by atoms with van der Waals surface area (Å²) in [5, 5.41) is 3.21. The number of hydrogen-bond acceptors (Lipinski definition) is 5. The molecule has 2 aromatic carbocycles. The number of benzene rings is 2. The van der Waals surface area contributed by atoms with E-state index in [4.69, 9.17) is 4.74 Å². The Morgan fingerprint density at radius 1 is 1.07 bits per heavy atom. The molecule has 3 rings (SSSR count). The maximum atomic E-state index is 12.9. The van der Waals surface area contributed by atoms with Crippen LogP contribution in [0.3, 0.4) is 0 Å². The topological polar surface area (TPSA) is 67.4 Å². The molecule has 0 bridgehead atoms. The highest BCUT2D eigenvalue weighted by Crippen LogP contribution is 2.20. The number of nitrogens with one attached hydrogen (secondary N) is 1. The van der Waals surface area contributed by atoms with Crippen LogP contribution in [0.5, 0.6) is 5.75 Å². The highest BCUT2D eigenvalue weighted by atomic mass is 16.5. The summed E-state index contributed by atoms with van der Waals surface area (Å²) in [6, 6.07) is 19.2. The van der Waals surface area contributed by atoms with Gasteiger partial charge in [-0.2, -0.15) is 0 Å². The largest absolute Gasteiger partial charge is 0.491 e. The van der Waals surface area contributed by atoms with Crippen molar-refractivity contribution in [2.45, 2.75) is 33.4 Å². The number of aromatic nitrogens is 2. The van der Waals surface area contributed by atoms with Gasteiger partial charge in [0, 0.05) is 24.8 Å². The summed E-state index contributed by atoms with van der Waals surface area (Å²) in [4.78, 5) is 23.1. The van der Waals surface area contributed by atoms with Crippen LogP contribution in [0.25, 0.3) is 0 Å². The summed E-state index contributed by atoms with van der Waals surface area (Å²) >= 11 is 0. The van der Waals surface area contributed by atoms with Crippen LogP contribution in [0.15, 0.2) is 67.0 Å². The number of amides is 1. The lowest BCUT2D eigenvalue weighted by Crippen LogP contribution is -2.31. The van der Waals surface area contributed by atoms with E-state index in [0.717, 1.165) is 17.0 Å². The third-order valence-electron chi connectivity index (χ3n) is 4.27. The Bertz CT molecular complexity index is 927. The fourth-order valence-electron chi connectivity index (χ4n) is 2.87. The van der Waals surface area contributed by atoms with Gasteiger partial charge in [0.25, 0.3) is 5.91 Å². The lowest BCUT2D eigenvalue weighted by atomic mass is 10.2. The fraction of sp³-hybridized carbons (Fsp3) is 0.261. The third kappa shape index (κ3) is 5.78. The van der Waals surface area contributed by atoms with Crippen LogP contribution in [0.2, 0.25) is 0 Å². The zero-order valence-electron chi connectivity index (χ0n) is 17.0. The number of rotatable bonds is 8. The average Bonchev–Trinajstić information content (AvgIpc) is 2.73. The minimum absolute atomic E-state index is 0.123. The SMILES string of the molecule is CCN(Cc1ccccc1)C(=O)c1cc(Nc2ccc(OC(C)C)cc2)ncn1. The van der Waals surface area contributed by atoms with Gasteiger partial charge in [-0.3, -0.25) is 4.79 Å². The summed E-state index contributed by atoms with van der Waals surface area (Å²) in [6.07, 6.45) is 1.53. The second kappa shape index (κ2) is 9.68. The maximum Gasteiger partial charge on any atom is 0.272 e. The van der Waals surface area contributed by atoms with Crippen molar-refractivity contribution in [2.24, 2.45) is 0 Å². The summed E-state index contributed by atoms with van der Waals surface area (Å²) < 4.78 is 5.65. The van der Waals surface area contributed by atoms with Crippen molar-refractivity contribution >= 4 is 17.4 Å². The molecule has 150 valence electrons. The van der Waals surface area contributed by atoms with Crippen LogP contribution < -0.4 is 10.1 Å². The number of anilines is 2. The molecule has 0 aliphatic carbocycles. The van der Waals surface area contributed by atoms with E-state index in [2.05, 4.69) is 15.3 Å². The minimum atomic E-state index is -0.123. The van der Waals surface area contributed by atoms with Crippen LogP contribution in [-0.2, 0) is 6.54 Å². The molecule has 6 heteroatoms. The van der Waals surface area contributed by atoms with E-state index in [9.17, 15) is 4.79 Å². The van der Waals surface area contributed by atoms with Crippen LogP contribution in [0, 0.1) is 0 Å². The smallest absolute Gasteiger partial charge is 0.272 e. The van der Waals surface area contributed by atoms with Gasteiger partial charge in [-0.15, -0.1) is 0 Å². The van der Waals surface area contributed by atoms with E-state index in [1.165, 1.54) is 6.33 Å². The molecule has 0 aliphatic rings. The van der Waals surface area contributed by atoms with Crippen molar-refractivity contribution in [3.8, 4) is 5.75 Å². The van der Waals surface area contributed by atoms with Gasteiger partial charge in [0.2, 0.25) is 0 Å². The first-order chi connectivity index (χ1) is 14.0. The highest BCUT2D eigenvalue weighted by molar-refractivity contribution is 5.93. The number of hydrogen-bond donors (Lipinski definition) is 1. The van der Waals surface area contributed by atoms with Crippen molar-refractivity contribution in [3.05, 3.63) is 78.2 Å². The van der Waals surface area contributed by atoms with Gasteiger partial charge in [0.05, 0.1) is 6.10 Å². The Morgan fingerprint density at radius 2 is 1.79 bits per heavy atom. The Morgan fingerprint density at radius 3 is 2.45 bits per heavy atom. The first-order valence-electron chi connectivity index (χ1n) is 9.74. The summed E-state index contributed by atoms with van der Waals surface area (Å²) in [7, 11) is 0. The molecule has 0 spiro atoms. The Balaban J connectivity index is 1.70. The molecule has 0 fully saturated rings. The predicted octanol–water partition coefficient (Wildman–Crippen LogP) is 4.67. The van der Waals surface area contributed by atoms with Crippen molar-refractivity contribution in [3.63, 3.8) is 0 Å². The van der Waals surface area contributed by atoms with Gasteiger partial charge >= 0.3 is 0 Å². The van der Waals surface area contributed by atoms with Crippen molar-refractivity contribution < 1.29 is 9.53 Å². The second-order valence-corrected chi connectivity index (χ2v) is 6.91.